The standard InChI is InChI=1S/C13H20N4OS/c1-9-10(17-5-6-19-12(17)16-9)7-15-8-13(2,3)11(18)14-4/h5-6,15H,7-8H2,1-4H3,(H,14,18). The first-order valence-corrected chi connectivity index (χ1v) is 7.17. The summed E-state index contributed by atoms with van der Waals surface area (Å²) >= 11 is 1.63. The highest BCUT2D eigenvalue weighted by Gasteiger charge is 2.26. The monoisotopic (exact) mass is 280 g/mol. The summed E-state index contributed by atoms with van der Waals surface area (Å²) in [6, 6.07) is 0. The van der Waals surface area contributed by atoms with Crippen LogP contribution in [0.3, 0.4) is 0 Å². The van der Waals surface area contributed by atoms with Crippen molar-refractivity contribution in [3.05, 3.63) is 23.0 Å². The van der Waals surface area contributed by atoms with Crippen molar-refractivity contribution >= 4 is 22.2 Å². The van der Waals surface area contributed by atoms with Gasteiger partial charge in [-0.05, 0) is 20.8 Å². The van der Waals surface area contributed by atoms with Crippen molar-refractivity contribution in [2.75, 3.05) is 13.6 Å². The summed E-state index contributed by atoms with van der Waals surface area (Å²) in [6.45, 7) is 7.22. The third-order valence-electron chi connectivity index (χ3n) is 3.26. The highest BCUT2D eigenvalue weighted by atomic mass is 32.1. The van der Waals surface area contributed by atoms with Gasteiger partial charge in [0.1, 0.15) is 0 Å². The van der Waals surface area contributed by atoms with E-state index in [1.165, 1.54) is 0 Å². The van der Waals surface area contributed by atoms with Gasteiger partial charge in [-0.1, -0.05) is 0 Å². The van der Waals surface area contributed by atoms with E-state index >= 15 is 0 Å². The molecule has 0 spiro atoms. The van der Waals surface area contributed by atoms with Crippen LogP contribution in [0.1, 0.15) is 25.2 Å². The molecule has 0 aliphatic heterocycles. The van der Waals surface area contributed by atoms with Gasteiger partial charge in [-0.15, -0.1) is 11.3 Å². The minimum Gasteiger partial charge on any atom is -0.359 e. The van der Waals surface area contributed by atoms with E-state index in [0.29, 0.717) is 13.1 Å². The second-order valence-corrected chi connectivity index (χ2v) is 6.14. The molecule has 0 fully saturated rings. The van der Waals surface area contributed by atoms with Crippen LogP contribution in [0, 0.1) is 12.3 Å². The van der Waals surface area contributed by atoms with Crippen molar-refractivity contribution in [1.29, 1.82) is 0 Å². The highest BCUT2D eigenvalue weighted by Crippen LogP contribution is 2.17. The third kappa shape index (κ3) is 2.79. The number of amides is 1. The van der Waals surface area contributed by atoms with Crippen LogP contribution in [-0.2, 0) is 11.3 Å². The normalized spacial score (nSPS) is 12.0. The number of hydrogen-bond acceptors (Lipinski definition) is 4. The van der Waals surface area contributed by atoms with Gasteiger partial charge < -0.3 is 10.6 Å². The molecule has 6 heteroatoms. The van der Waals surface area contributed by atoms with Crippen LogP contribution >= 0.6 is 11.3 Å². The molecule has 104 valence electrons. The molecular formula is C13H20N4OS. The second kappa shape index (κ2) is 5.30. The Bertz CT molecular complexity index is 584. The fourth-order valence-electron chi connectivity index (χ4n) is 2.07. The zero-order valence-corrected chi connectivity index (χ0v) is 12.6. The van der Waals surface area contributed by atoms with Crippen LogP contribution in [0.15, 0.2) is 11.6 Å². The summed E-state index contributed by atoms with van der Waals surface area (Å²) in [5.41, 5.74) is 1.78. The van der Waals surface area contributed by atoms with Crippen LogP contribution in [0.4, 0.5) is 0 Å². The Morgan fingerprint density at radius 2 is 2.26 bits per heavy atom. The van der Waals surface area contributed by atoms with Crippen LogP contribution in [0.25, 0.3) is 4.96 Å². The van der Waals surface area contributed by atoms with Crippen molar-refractivity contribution in [3.8, 4) is 0 Å². The second-order valence-electron chi connectivity index (χ2n) is 5.27. The number of aromatic nitrogens is 2. The van der Waals surface area contributed by atoms with Crippen LogP contribution in [-0.4, -0.2) is 28.9 Å². The lowest BCUT2D eigenvalue weighted by atomic mass is 9.92. The van der Waals surface area contributed by atoms with Gasteiger partial charge in [-0.3, -0.25) is 9.20 Å². The van der Waals surface area contributed by atoms with Gasteiger partial charge in [0.2, 0.25) is 5.91 Å². The van der Waals surface area contributed by atoms with Crippen LogP contribution in [0.5, 0.6) is 0 Å². The molecule has 19 heavy (non-hydrogen) atoms. The molecule has 0 unspecified atom stereocenters. The third-order valence-corrected chi connectivity index (χ3v) is 4.02. The maximum Gasteiger partial charge on any atom is 0.226 e. The van der Waals surface area contributed by atoms with E-state index in [-0.39, 0.29) is 5.91 Å². The quantitative estimate of drug-likeness (QED) is 0.874. The average molecular weight is 280 g/mol. The van der Waals surface area contributed by atoms with Crippen molar-refractivity contribution < 1.29 is 4.79 Å². The molecule has 0 radical (unpaired) electrons. The molecule has 0 atom stereocenters. The predicted molar refractivity (Wildman–Crippen MR) is 77.4 cm³/mol. The molecule has 1 amide bonds. The number of thiazole rings is 1. The average Bonchev–Trinajstić information content (AvgIpc) is 2.90. The number of hydrogen-bond donors (Lipinski definition) is 2. The van der Waals surface area contributed by atoms with E-state index in [9.17, 15) is 4.79 Å². The van der Waals surface area contributed by atoms with Crippen molar-refractivity contribution in [2.45, 2.75) is 27.3 Å². The molecular weight excluding hydrogens is 260 g/mol. The fourth-order valence-corrected chi connectivity index (χ4v) is 2.84. The van der Waals surface area contributed by atoms with Crippen LogP contribution < -0.4 is 10.6 Å². The summed E-state index contributed by atoms with van der Waals surface area (Å²) in [6.07, 6.45) is 2.03. The topological polar surface area (TPSA) is 58.4 Å². The maximum absolute atomic E-state index is 11.7. The molecule has 2 heterocycles. The largest absolute Gasteiger partial charge is 0.359 e. The Kier molecular flexibility index (Phi) is 3.91. The zero-order chi connectivity index (χ0) is 14.0. The Labute approximate surface area is 117 Å². The van der Waals surface area contributed by atoms with E-state index in [1.54, 1.807) is 18.4 Å². The Morgan fingerprint density at radius 3 is 2.95 bits per heavy atom. The van der Waals surface area contributed by atoms with Gasteiger partial charge in [0.15, 0.2) is 4.96 Å². The van der Waals surface area contributed by atoms with Crippen molar-refractivity contribution in [3.63, 3.8) is 0 Å². The number of carbonyl (C=O) groups excluding carboxylic acids is 1. The number of nitrogens with one attached hydrogen (secondary N) is 2. The van der Waals surface area contributed by atoms with E-state index in [4.69, 9.17) is 0 Å². The van der Waals surface area contributed by atoms with Gasteiger partial charge in [-0.25, -0.2) is 4.98 Å². The van der Waals surface area contributed by atoms with E-state index in [2.05, 4.69) is 20.0 Å². The molecule has 0 saturated heterocycles. The highest BCUT2D eigenvalue weighted by molar-refractivity contribution is 7.15. The van der Waals surface area contributed by atoms with Crippen molar-refractivity contribution in [2.24, 2.45) is 5.41 Å². The Morgan fingerprint density at radius 1 is 1.53 bits per heavy atom. The smallest absolute Gasteiger partial charge is 0.226 e. The van der Waals surface area contributed by atoms with Crippen molar-refractivity contribution in [1.82, 2.24) is 20.0 Å². The molecule has 2 aromatic heterocycles. The number of rotatable bonds is 5. The van der Waals surface area contributed by atoms with E-state index in [1.807, 2.05) is 32.3 Å². The molecule has 0 aromatic carbocycles. The Hall–Kier alpha value is -1.40. The molecule has 0 saturated carbocycles. The summed E-state index contributed by atoms with van der Waals surface area (Å²) in [7, 11) is 1.67. The first kappa shape index (κ1) is 14.0. The van der Waals surface area contributed by atoms with E-state index in [0.717, 1.165) is 16.3 Å². The predicted octanol–water partition coefficient (Wildman–Crippen LogP) is 1.57. The first-order valence-electron chi connectivity index (χ1n) is 6.29. The Balaban J connectivity index is 2.01. The lowest BCUT2D eigenvalue weighted by molar-refractivity contribution is -0.128. The summed E-state index contributed by atoms with van der Waals surface area (Å²) in [5, 5.41) is 8.07. The molecule has 2 rings (SSSR count). The van der Waals surface area contributed by atoms with Gasteiger partial charge in [-0.2, -0.15) is 0 Å². The number of aryl methyl sites for hydroxylation is 1. The summed E-state index contributed by atoms with van der Waals surface area (Å²) < 4.78 is 2.10. The molecule has 2 aromatic rings. The lowest BCUT2D eigenvalue weighted by Crippen LogP contribution is -2.42. The minimum atomic E-state index is -0.416. The SMILES string of the molecule is CNC(=O)C(C)(C)CNCc1c(C)nc2sccn12. The minimum absolute atomic E-state index is 0.0469. The van der Waals surface area contributed by atoms with E-state index < -0.39 is 5.41 Å². The lowest BCUT2D eigenvalue weighted by Gasteiger charge is -2.22. The number of carbonyl (C=O) groups is 1. The first-order chi connectivity index (χ1) is 8.95. The molecule has 5 nitrogen and oxygen atoms in total. The molecule has 0 bridgehead atoms. The number of nitrogens with zero attached hydrogens (tertiary/aromatic N) is 2. The van der Waals surface area contributed by atoms with Gasteiger partial charge in [0.25, 0.3) is 0 Å². The fraction of sp³-hybridized carbons (Fsp3) is 0.538. The molecule has 0 aliphatic carbocycles. The summed E-state index contributed by atoms with van der Waals surface area (Å²) in [5.74, 6) is 0.0469. The molecule has 0 aliphatic rings. The van der Waals surface area contributed by atoms with Crippen LogP contribution in [0.2, 0.25) is 0 Å². The van der Waals surface area contributed by atoms with Gasteiger partial charge >= 0.3 is 0 Å². The number of fused-ring (bicyclic) bond motifs is 1. The maximum atomic E-state index is 11.7. The molecule has 2 N–H and O–H groups in total. The number of imidazole rings is 1. The summed E-state index contributed by atoms with van der Waals surface area (Å²) in [4.78, 5) is 17.2. The zero-order valence-electron chi connectivity index (χ0n) is 11.8. The van der Waals surface area contributed by atoms with Gasteiger partial charge in [0.05, 0.1) is 16.8 Å². The van der Waals surface area contributed by atoms with Gasteiger partial charge in [0, 0.05) is 31.7 Å².